The molecule has 0 bridgehead atoms. The molecule has 14 heavy (non-hydrogen) atoms. The molecule has 7 heteroatoms. The van der Waals surface area contributed by atoms with Crippen molar-refractivity contribution in [3.05, 3.63) is 15.5 Å². The first-order chi connectivity index (χ1) is 6.66. The zero-order valence-electron chi connectivity index (χ0n) is 6.94. The normalized spacial score (nSPS) is 26.6. The first-order valence-electron chi connectivity index (χ1n) is 3.88. The molecule has 2 N–H and O–H groups in total. The SMILES string of the molecule is O=C(O)[C@@H]1CSC(c2ncc(Cl)s2)N1. The highest BCUT2D eigenvalue weighted by Gasteiger charge is 2.31. The molecule has 0 spiro atoms. The van der Waals surface area contributed by atoms with Gasteiger partial charge in [-0.3, -0.25) is 10.1 Å². The minimum Gasteiger partial charge on any atom is -0.480 e. The van der Waals surface area contributed by atoms with Crippen LogP contribution < -0.4 is 5.32 Å². The number of hydrogen-bond donors (Lipinski definition) is 2. The third-order valence-corrected chi connectivity index (χ3v) is 4.35. The Morgan fingerprint density at radius 2 is 2.57 bits per heavy atom. The van der Waals surface area contributed by atoms with Crippen molar-refractivity contribution in [2.24, 2.45) is 0 Å². The molecule has 2 rings (SSSR count). The minimum absolute atomic E-state index is 0.0337. The van der Waals surface area contributed by atoms with Gasteiger partial charge in [-0.2, -0.15) is 0 Å². The number of aromatic nitrogens is 1. The summed E-state index contributed by atoms with van der Waals surface area (Å²) in [6.07, 6.45) is 1.58. The molecule has 0 aromatic carbocycles. The molecule has 1 aliphatic rings. The zero-order valence-corrected chi connectivity index (χ0v) is 9.33. The number of halogens is 1. The summed E-state index contributed by atoms with van der Waals surface area (Å²) in [5, 5.41) is 12.5. The van der Waals surface area contributed by atoms with Gasteiger partial charge in [0.05, 0.1) is 6.20 Å². The molecule has 2 heterocycles. The molecule has 1 unspecified atom stereocenters. The van der Waals surface area contributed by atoms with Gasteiger partial charge < -0.3 is 5.11 Å². The number of carboxylic acid groups (broad SMARTS) is 1. The van der Waals surface area contributed by atoms with Crippen molar-refractivity contribution in [3.63, 3.8) is 0 Å². The third kappa shape index (κ3) is 2.03. The van der Waals surface area contributed by atoms with E-state index in [1.165, 1.54) is 11.3 Å². The molecule has 2 atom stereocenters. The van der Waals surface area contributed by atoms with Gasteiger partial charge in [0.1, 0.15) is 20.8 Å². The summed E-state index contributed by atoms with van der Waals surface area (Å²) < 4.78 is 0.626. The molecule has 1 aromatic heterocycles. The van der Waals surface area contributed by atoms with Crippen LogP contribution in [0.15, 0.2) is 6.20 Å². The average molecular weight is 251 g/mol. The largest absolute Gasteiger partial charge is 0.480 e. The first kappa shape index (κ1) is 10.2. The Morgan fingerprint density at radius 1 is 1.79 bits per heavy atom. The summed E-state index contributed by atoms with van der Waals surface area (Å²) in [6, 6.07) is -0.479. The van der Waals surface area contributed by atoms with Gasteiger partial charge in [-0.25, -0.2) is 4.98 Å². The fourth-order valence-corrected chi connectivity index (χ4v) is 3.45. The van der Waals surface area contributed by atoms with E-state index in [1.807, 2.05) is 0 Å². The van der Waals surface area contributed by atoms with Crippen molar-refractivity contribution >= 4 is 40.7 Å². The van der Waals surface area contributed by atoms with Gasteiger partial charge in [-0.05, 0) is 0 Å². The summed E-state index contributed by atoms with van der Waals surface area (Å²) in [4.78, 5) is 14.8. The quantitative estimate of drug-likeness (QED) is 0.835. The molecule has 4 nitrogen and oxygen atoms in total. The topological polar surface area (TPSA) is 62.2 Å². The van der Waals surface area contributed by atoms with Crippen LogP contribution in [0.2, 0.25) is 4.34 Å². The van der Waals surface area contributed by atoms with Gasteiger partial charge in [0, 0.05) is 5.75 Å². The molecular formula is C7H7ClN2O2S2. The third-order valence-electron chi connectivity index (χ3n) is 1.80. The number of hydrogen-bond acceptors (Lipinski definition) is 5. The van der Waals surface area contributed by atoms with Gasteiger partial charge in [0.25, 0.3) is 0 Å². The lowest BCUT2D eigenvalue weighted by atomic mass is 10.3. The smallest absolute Gasteiger partial charge is 0.321 e. The van der Waals surface area contributed by atoms with Crippen LogP contribution in [0.3, 0.4) is 0 Å². The summed E-state index contributed by atoms with van der Waals surface area (Å²) >= 11 is 8.66. The molecule has 1 aliphatic heterocycles. The van der Waals surface area contributed by atoms with E-state index in [1.54, 1.807) is 18.0 Å². The Kier molecular flexibility index (Phi) is 2.96. The van der Waals surface area contributed by atoms with Crippen molar-refractivity contribution in [1.29, 1.82) is 0 Å². The Balaban J connectivity index is 2.05. The minimum atomic E-state index is -0.817. The number of carboxylic acids is 1. The van der Waals surface area contributed by atoms with Crippen LogP contribution >= 0.6 is 34.7 Å². The van der Waals surface area contributed by atoms with E-state index in [-0.39, 0.29) is 5.37 Å². The molecule has 1 fully saturated rings. The molecule has 0 saturated carbocycles. The molecule has 0 radical (unpaired) electrons. The number of aliphatic carboxylic acids is 1. The van der Waals surface area contributed by atoms with Crippen molar-refractivity contribution in [2.75, 3.05) is 5.75 Å². The van der Waals surface area contributed by atoms with Gasteiger partial charge in [-0.15, -0.1) is 23.1 Å². The van der Waals surface area contributed by atoms with E-state index in [2.05, 4.69) is 10.3 Å². The summed E-state index contributed by atoms with van der Waals surface area (Å²) in [6.45, 7) is 0. The standard InChI is InChI=1S/C7H7ClN2O2S2/c8-4-1-9-5(14-4)6-10-3(2-13-6)7(11)12/h1,3,6,10H,2H2,(H,11,12)/t3-,6?/m0/s1. The van der Waals surface area contributed by atoms with Crippen LogP contribution in [0.4, 0.5) is 0 Å². The Bertz CT molecular complexity index is 357. The van der Waals surface area contributed by atoms with Crippen LogP contribution in [0, 0.1) is 0 Å². The Morgan fingerprint density at radius 3 is 3.07 bits per heavy atom. The lowest BCUT2D eigenvalue weighted by Gasteiger charge is -2.06. The van der Waals surface area contributed by atoms with E-state index in [9.17, 15) is 4.79 Å². The Hall–Kier alpha value is -0.300. The predicted molar refractivity (Wildman–Crippen MR) is 56.9 cm³/mol. The fourth-order valence-electron chi connectivity index (χ4n) is 1.14. The van der Waals surface area contributed by atoms with Gasteiger partial charge in [0.2, 0.25) is 0 Å². The second kappa shape index (κ2) is 4.06. The summed E-state index contributed by atoms with van der Waals surface area (Å²) in [5.74, 6) is -0.250. The van der Waals surface area contributed by atoms with Crippen LogP contribution in [0.1, 0.15) is 10.4 Å². The van der Waals surface area contributed by atoms with Crippen LogP contribution in [0.25, 0.3) is 0 Å². The number of nitrogens with zero attached hydrogens (tertiary/aromatic N) is 1. The second-order valence-corrected chi connectivity index (χ2v) is 5.61. The van der Waals surface area contributed by atoms with E-state index >= 15 is 0 Å². The van der Waals surface area contributed by atoms with Crippen LogP contribution in [-0.4, -0.2) is 27.9 Å². The monoisotopic (exact) mass is 250 g/mol. The lowest BCUT2D eigenvalue weighted by Crippen LogP contribution is -2.33. The van der Waals surface area contributed by atoms with Crippen molar-refractivity contribution in [2.45, 2.75) is 11.4 Å². The van der Waals surface area contributed by atoms with Gasteiger partial charge in [-0.1, -0.05) is 11.6 Å². The van der Waals surface area contributed by atoms with E-state index in [4.69, 9.17) is 16.7 Å². The number of thiazole rings is 1. The summed E-state index contributed by atoms with van der Waals surface area (Å²) in [7, 11) is 0. The maximum Gasteiger partial charge on any atom is 0.321 e. The fraction of sp³-hybridized carbons (Fsp3) is 0.429. The molecule has 0 amide bonds. The molecular weight excluding hydrogens is 244 g/mol. The highest BCUT2D eigenvalue weighted by molar-refractivity contribution is 7.99. The lowest BCUT2D eigenvalue weighted by molar-refractivity contribution is -0.138. The van der Waals surface area contributed by atoms with E-state index in [0.717, 1.165) is 5.01 Å². The average Bonchev–Trinajstić information content (AvgIpc) is 2.70. The van der Waals surface area contributed by atoms with Crippen molar-refractivity contribution in [3.8, 4) is 0 Å². The second-order valence-electron chi connectivity index (χ2n) is 2.77. The van der Waals surface area contributed by atoms with Gasteiger partial charge >= 0.3 is 5.97 Å². The zero-order chi connectivity index (χ0) is 10.1. The molecule has 0 aliphatic carbocycles. The number of rotatable bonds is 2. The molecule has 1 aromatic rings. The van der Waals surface area contributed by atoms with Crippen molar-refractivity contribution < 1.29 is 9.90 Å². The summed E-state index contributed by atoms with van der Waals surface area (Å²) in [5.41, 5.74) is 0. The van der Waals surface area contributed by atoms with Crippen molar-refractivity contribution in [1.82, 2.24) is 10.3 Å². The highest BCUT2D eigenvalue weighted by Crippen LogP contribution is 2.35. The maximum absolute atomic E-state index is 10.7. The first-order valence-corrected chi connectivity index (χ1v) is 6.13. The number of carbonyl (C=O) groups is 1. The number of nitrogens with one attached hydrogen (secondary N) is 1. The maximum atomic E-state index is 10.7. The number of thioether (sulfide) groups is 1. The van der Waals surface area contributed by atoms with E-state index in [0.29, 0.717) is 10.1 Å². The highest BCUT2D eigenvalue weighted by atomic mass is 35.5. The molecule has 76 valence electrons. The van der Waals surface area contributed by atoms with Crippen LogP contribution in [-0.2, 0) is 4.79 Å². The Labute approximate surface area is 93.7 Å². The van der Waals surface area contributed by atoms with Crippen LogP contribution in [0.5, 0.6) is 0 Å². The van der Waals surface area contributed by atoms with E-state index < -0.39 is 12.0 Å². The molecule has 1 saturated heterocycles. The predicted octanol–water partition coefficient (Wildman–Crippen LogP) is 1.58. The van der Waals surface area contributed by atoms with Gasteiger partial charge in [0.15, 0.2) is 0 Å².